The quantitative estimate of drug-likeness (QED) is 0.543. The van der Waals surface area contributed by atoms with Gasteiger partial charge in [-0.15, -0.1) is 0 Å². The molecule has 0 heterocycles. The third-order valence-electron chi connectivity index (χ3n) is 1.64. The molecule has 0 aliphatic rings. The molecule has 1 rings (SSSR count). The van der Waals surface area contributed by atoms with Crippen LogP contribution in [0.5, 0.6) is 0 Å². The fraction of sp³-hybridized carbons (Fsp3) is 0.500. The van der Waals surface area contributed by atoms with Crippen molar-refractivity contribution in [2.24, 2.45) is 0 Å². The second kappa shape index (κ2) is 4.97. The molecule has 0 heteroatoms. The molecule has 0 atom stereocenters. The maximum Gasteiger partial charge on any atom is -0.0132 e. The standard InChI is InChI=1S/C10H14.C2H6/c1-10(2,3)9-7-5-4-6-8-9;1-2/h4-8H,1-3H3;1-2H3. The van der Waals surface area contributed by atoms with E-state index in [-0.39, 0.29) is 0 Å². The zero-order valence-electron chi connectivity index (χ0n) is 8.89. The minimum Gasteiger partial charge on any atom is -0.0683 e. The van der Waals surface area contributed by atoms with Gasteiger partial charge in [-0.2, -0.15) is 0 Å². The van der Waals surface area contributed by atoms with Gasteiger partial charge in [-0.3, -0.25) is 0 Å². The second-order valence-electron chi connectivity index (χ2n) is 3.62. The molecule has 1 aromatic rings. The molecule has 0 aliphatic heterocycles. The highest BCUT2D eigenvalue weighted by Crippen LogP contribution is 2.20. The highest BCUT2D eigenvalue weighted by molar-refractivity contribution is 5.21. The number of benzene rings is 1. The first-order valence-electron chi connectivity index (χ1n) is 4.66. The van der Waals surface area contributed by atoms with Gasteiger partial charge in [0.15, 0.2) is 0 Å². The van der Waals surface area contributed by atoms with Crippen LogP contribution in [0.4, 0.5) is 0 Å². The van der Waals surface area contributed by atoms with Crippen molar-refractivity contribution < 1.29 is 0 Å². The Balaban J connectivity index is 0.000000561. The molecular formula is C12H20. The van der Waals surface area contributed by atoms with Gasteiger partial charge in [-0.1, -0.05) is 65.0 Å². The molecule has 0 saturated carbocycles. The highest BCUT2D eigenvalue weighted by atomic mass is 14.2. The van der Waals surface area contributed by atoms with E-state index in [1.807, 2.05) is 13.8 Å². The molecule has 0 radical (unpaired) electrons. The largest absolute Gasteiger partial charge is 0.0683 e. The minimum atomic E-state index is 0.293. The molecule has 0 nitrogen and oxygen atoms in total. The molecule has 12 heavy (non-hydrogen) atoms. The summed E-state index contributed by atoms with van der Waals surface area (Å²) >= 11 is 0. The van der Waals surface area contributed by atoms with Crippen LogP contribution in [0.2, 0.25) is 0 Å². The van der Waals surface area contributed by atoms with Crippen LogP contribution in [0.1, 0.15) is 40.2 Å². The van der Waals surface area contributed by atoms with Gasteiger partial charge < -0.3 is 0 Å². The lowest BCUT2D eigenvalue weighted by Crippen LogP contribution is -2.10. The fourth-order valence-corrected chi connectivity index (χ4v) is 0.938. The second-order valence-corrected chi connectivity index (χ2v) is 3.62. The van der Waals surface area contributed by atoms with E-state index in [4.69, 9.17) is 0 Å². The lowest BCUT2D eigenvalue weighted by atomic mass is 9.87. The molecule has 0 amide bonds. The van der Waals surface area contributed by atoms with Crippen molar-refractivity contribution in [2.45, 2.75) is 40.0 Å². The van der Waals surface area contributed by atoms with Gasteiger partial charge in [0.1, 0.15) is 0 Å². The molecular weight excluding hydrogens is 144 g/mol. The average molecular weight is 164 g/mol. The summed E-state index contributed by atoms with van der Waals surface area (Å²) in [6, 6.07) is 10.6. The summed E-state index contributed by atoms with van der Waals surface area (Å²) in [6.07, 6.45) is 0. The van der Waals surface area contributed by atoms with Crippen LogP contribution in [-0.4, -0.2) is 0 Å². The predicted molar refractivity (Wildman–Crippen MR) is 56.5 cm³/mol. The van der Waals surface area contributed by atoms with E-state index >= 15 is 0 Å². The van der Waals surface area contributed by atoms with E-state index in [0.717, 1.165) is 0 Å². The molecule has 0 N–H and O–H groups in total. The Bertz CT molecular complexity index is 191. The Morgan fingerprint density at radius 3 is 1.50 bits per heavy atom. The summed E-state index contributed by atoms with van der Waals surface area (Å²) in [5, 5.41) is 0. The van der Waals surface area contributed by atoms with E-state index in [9.17, 15) is 0 Å². The first kappa shape index (κ1) is 11.2. The predicted octanol–water partition coefficient (Wildman–Crippen LogP) is 4.01. The maximum atomic E-state index is 2.22. The summed E-state index contributed by atoms with van der Waals surface area (Å²) in [4.78, 5) is 0. The molecule has 1 aromatic carbocycles. The number of rotatable bonds is 0. The van der Waals surface area contributed by atoms with Crippen LogP contribution < -0.4 is 0 Å². The van der Waals surface area contributed by atoms with Crippen LogP contribution >= 0.6 is 0 Å². The molecule has 0 unspecified atom stereocenters. The van der Waals surface area contributed by atoms with Crippen LogP contribution in [-0.2, 0) is 5.41 Å². The summed E-state index contributed by atoms with van der Waals surface area (Å²) in [7, 11) is 0. The van der Waals surface area contributed by atoms with Crippen molar-refractivity contribution in [3.63, 3.8) is 0 Å². The molecule has 0 spiro atoms. The Labute approximate surface area is 76.6 Å². The summed E-state index contributed by atoms with van der Waals surface area (Å²) in [5.74, 6) is 0. The zero-order valence-corrected chi connectivity index (χ0v) is 8.89. The van der Waals surface area contributed by atoms with Gasteiger partial charge in [0.25, 0.3) is 0 Å². The van der Waals surface area contributed by atoms with Gasteiger partial charge in [0.2, 0.25) is 0 Å². The van der Waals surface area contributed by atoms with Crippen molar-refractivity contribution in [3.05, 3.63) is 35.9 Å². The van der Waals surface area contributed by atoms with E-state index in [1.165, 1.54) is 5.56 Å². The summed E-state index contributed by atoms with van der Waals surface area (Å²) in [5.41, 5.74) is 1.69. The summed E-state index contributed by atoms with van der Waals surface area (Å²) < 4.78 is 0. The van der Waals surface area contributed by atoms with Gasteiger partial charge >= 0.3 is 0 Å². The van der Waals surface area contributed by atoms with Crippen molar-refractivity contribution in [1.82, 2.24) is 0 Å². The Kier molecular flexibility index (Phi) is 4.65. The topological polar surface area (TPSA) is 0 Å². The first-order chi connectivity index (χ1) is 5.61. The number of hydrogen-bond acceptors (Lipinski definition) is 0. The van der Waals surface area contributed by atoms with Crippen molar-refractivity contribution in [2.75, 3.05) is 0 Å². The number of hydrogen-bond donors (Lipinski definition) is 0. The van der Waals surface area contributed by atoms with Gasteiger partial charge in [-0.05, 0) is 11.0 Å². The SMILES string of the molecule is CC.CC(C)(C)c1ccccc1. The van der Waals surface area contributed by atoms with Gasteiger partial charge in [0.05, 0.1) is 0 Å². The Morgan fingerprint density at radius 2 is 1.25 bits per heavy atom. The third-order valence-corrected chi connectivity index (χ3v) is 1.64. The third kappa shape index (κ3) is 3.56. The van der Waals surface area contributed by atoms with E-state index in [1.54, 1.807) is 0 Å². The average Bonchev–Trinajstić information content (AvgIpc) is 2.08. The monoisotopic (exact) mass is 164 g/mol. The smallest absolute Gasteiger partial charge is 0.0132 e. The minimum absolute atomic E-state index is 0.293. The molecule has 0 aromatic heterocycles. The molecule has 0 fully saturated rings. The lowest BCUT2D eigenvalue weighted by Gasteiger charge is -2.18. The van der Waals surface area contributed by atoms with Crippen LogP contribution in [0.3, 0.4) is 0 Å². The van der Waals surface area contributed by atoms with Crippen molar-refractivity contribution in [1.29, 1.82) is 0 Å². The fourth-order valence-electron chi connectivity index (χ4n) is 0.938. The first-order valence-corrected chi connectivity index (χ1v) is 4.66. The van der Waals surface area contributed by atoms with Crippen LogP contribution in [0, 0.1) is 0 Å². The Hall–Kier alpha value is -0.780. The maximum absolute atomic E-state index is 2.22. The lowest BCUT2D eigenvalue weighted by molar-refractivity contribution is 0.590. The molecule has 0 saturated heterocycles. The highest BCUT2D eigenvalue weighted by Gasteiger charge is 2.11. The molecule has 0 aliphatic carbocycles. The van der Waals surface area contributed by atoms with Gasteiger partial charge in [0, 0.05) is 0 Å². The van der Waals surface area contributed by atoms with Crippen molar-refractivity contribution in [3.8, 4) is 0 Å². The summed E-state index contributed by atoms with van der Waals surface area (Å²) in [6.45, 7) is 10.7. The van der Waals surface area contributed by atoms with E-state index < -0.39 is 0 Å². The molecule has 0 bridgehead atoms. The Morgan fingerprint density at radius 1 is 0.833 bits per heavy atom. The van der Waals surface area contributed by atoms with Crippen molar-refractivity contribution >= 4 is 0 Å². The van der Waals surface area contributed by atoms with E-state index in [0.29, 0.717) is 5.41 Å². The zero-order chi connectivity index (χ0) is 9.61. The van der Waals surface area contributed by atoms with Gasteiger partial charge in [-0.25, -0.2) is 0 Å². The van der Waals surface area contributed by atoms with Crippen LogP contribution in [0.25, 0.3) is 0 Å². The van der Waals surface area contributed by atoms with E-state index in [2.05, 4.69) is 51.1 Å². The normalized spacial score (nSPS) is 10.1. The van der Waals surface area contributed by atoms with Crippen LogP contribution in [0.15, 0.2) is 30.3 Å². The molecule has 68 valence electrons.